The summed E-state index contributed by atoms with van der Waals surface area (Å²) >= 11 is 0. The van der Waals surface area contributed by atoms with E-state index in [-0.39, 0.29) is 37.9 Å². The number of rotatable bonds is 7. The Morgan fingerprint density at radius 2 is 1.77 bits per heavy atom. The maximum atomic E-state index is 14.0. The van der Waals surface area contributed by atoms with Crippen molar-refractivity contribution in [2.45, 2.75) is 62.1 Å². The average Bonchev–Trinajstić information content (AvgIpc) is 3.66. The molecule has 3 heterocycles. The molecule has 1 saturated carbocycles. The molecule has 7 rings (SSSR count). The molecule has 4 fully saturated rings. The van der Waals surface area contributed by atoms with Crippen LogP contribution in [0.5, 0.6) is 0 Å². The van der Waals surface area contributed by atoms with E-state index in [2.05, 4.69) is 17.4 Å². The lowest BCUT2D eigenvalue weighted by Crippen LogP contribution is -2.69. The maximum absolute atomic E-state index is 14.0. The van der Waals surface area contributed by atoms with Crippen LogP contribution in [0.4, 0.5) is 0 Å². The number of carbonyl (C=O) groups is 3. The lowest BCUT2D eigenvalue weighted by atomic mass is 9.62. The summed E-state index contributed by atoms with van der Waals surface area (Å²) in [6, 6.07) is 14.5. The Morgan fingerprint density at radius 1 is 1.07 bits per heavy atom. The second kappa shape index (κ2) is 10.5. The minimum absolute atomic E-state index is 0.0397. The second-order valence-electron chi connectivity index (χ2n) is 12.2. The first-order valence-corrected chi connectivity index (χ1v) is 14.7. The number of amides is 2. The van der Waals surface area contributed by atoms with Crippen LogP contribution in [0.25, 0.3) is 6.08 Å². The molecule has 11 heteroatoms. The van der Waals surface area contributed by atoms with E-state index in [0.717, 1.165) is 22.3 Å². The van der Waals surface area contributed by atoms with E-state index < -0.39 is 47.6 Å². The highest BCUT2D eigenvalue weighted by atomic mass is 16.8. The number of carbonyl (C=O) groups excluding carboxylic acids is 3. The Balaban J connectivity index is 1.24. The lowest BCUT2D eigenvalue weighted by Gasteiger charge is -2.48. The summed E-state index contributed by atoms with van der Waals surface area (Å²) in [6.07, 6.45) is 1.73. The molecular weight excluding hydrogens is 554 g/mol. The number of nitrogens with zero attached hydrogens (tertiary/aromatic N) is 2. The van der Waals surface area contributed by atoms with Crippen LogP contribution < -0.4 is 5.32 Å². The van der Waals surface area contributed by atoms with E-state index in [1.807, 2.05) is 36.4 Å². The average molecular weight is 590 g/mol. The maximum Gasteiger partial charge on any atom is 0.327 e. The van der Waals surface area contributed by atoms with Crippen molar-refractivity contribution in [1.29, 1.82) is 0 Å². The van der Waals surface area contributed by atoms with Crippen molar-refractivity contribution < 1.29 is 38.5 Å². The number of aliphatic hydroxyl groups is 1. The normalized spacial score (nSPS) is 31.6. The molecule has 0 aromatic heterocycles. The molecule has 2 aromatic carbocycles. The van der Waals surface area contributed by atoms with E-state index in [1.54, 1.807) is 20.2 Å². The van der Waals surface area contributed by atoms with Crippen LogP contribution in [0.15, 0.2) is 54.6 Å². The number of ether oxygens (including phenoxy) is 3. The fourth-order valence-corrected chi connectivity index (χ4v) is 7.41. The molecule has 2 aliphatic carbocycles. The van der Waals surface area contributed by atoms with Gasteiger partial charge >= 0.3 is 5.97 Å². The number of hydroxylamine groups is 2. The van der Waals surface area contributed by atoms with Gasteiger partial charge in [-0.2, -0.15) is 5.06 Å². The number of hydrogen-bond donors (Lipinski definition) is 2. The third-order valence-corrected chi connectivity index (χ3v) is 9.34. The Bertz CT molecular complexity index is 1470. The molecular formula is C32H35N3O8. The van der Waals surface area contributed by atoms with Gasteiger partial charge in [-0.3, -0.25) is 19.2 Å². The quantitative estimate of drug-likeness (QED) is 0.359. The summed E-state index contributed by atoms with van der Waals surface area (Å²) in [7, 11) is 3.36. The zero-order valence-corrected chi connectivity index (χ0v) is 24.1. The zero-order chi connectivity index (χ0) is 29.9. The molecule has 226 valence electrons. The molecule has 6 atom stereocenters. The Morgan fingerprint density at radius 3 is 2.49 bits per heavy atom. The monoisotopic (exact) mass is 589 g/mol. The first kappa shape index (κ1) is 28.2. The minimum Gasteiger partial charge on any atom is -0.458 e. The van der Waals surface area contributed by atoms with Crippen molar-refractivity contribution >= 4 is 23.9 Å². The van der Waals surface area contributed by atoms with Gasteiger partial charge in [0.05, 0.1) is 13.2 Å². The Kier molecular flexibility index (Phi) is 6.90. The molecule has 1 spiro atoms. The van der Waals surface area contributed by atoms with Crippen molar-refractivity contribution in [2.75, 3.05) is 27.2 Å². The standard InChI is InChI=1S/C32H35N3O8/c1-34(2)24(37)12-11-19-7-3-6-10-22(19)18-35-27-29(38)40-23-17-32(27,30(39)33-13-14-36)28(43-35)26-25(23)41-31(42-26)15-20-8-4-5-9-21(20)16-31/h3-12,23,25-28,36H,13-18H2,1-2H3,(H,33,39)/t23-,25-,26-,27-,28+,32-/m0/s1. The number of esters is 1. The molecule has 5 aliphatic rings. The van der Waals surface area contributed by atoms with Crippen molar-refractivity contribution in [3.05, 3.63) is 76.9 Å². The Labute approximate surface area is 249 Å². The third-order valence-electron chi connectivity index (χ3n) is 9.34. The predicted octanol–water partition coefficient (Wildman–Crippen LogP) is 0.976. The topological polar surface area (TPSA) is 127 Å². The fourth-order valence-electron chi connectivity index (χ4n) is 7.41. The third kappa shape index (κ3) is 4.49. The van der Waals surface area contributed by atoms with E-state index in [1.165, 1.54) is 16.0 Å². The number of likely N-dealkylation sites (N-methyl/N-ethyl adjacent to an activating group) is 1. The molecule has 11 nitrogen and oxygen atoms in total. The molecule has 2 bridgehead atoms. The highest BCUT2D eigenvalue weighted by molar-refractivity contribution is 5.94. The summed E-state index contributed by atoms with van der Waals surface area (Å²) in [4.78, 5) is 48.1. The smallest absolute Gasteiger partial charge is 0.327 e. The van der Waals surface area contributed by atoms with Gasteiger partial charge in [0.1, 0.15) is 29.8 Å². The molecule has 43 heavy (non-hydrogen) atoms. The van der Waals surface area contributed by atoms with E-state index in [4.69, 9.17) is 19.0 Å². The largest absolute Gasteiger partial charge is 0.458 e. The van der Waals surface area contributed by atoms with Gasteiger partial charge in [-0.15, -0.1) is 0 Å². The van der Waals surface area contributed by atoms with Crippen LogP contribution in [0.1, 0.15) is 28.7 Å². The summed E-state index contributed by atoms with van der Waals surface area (Å²) in [5.41, 5.74) is 2.54. The van der Waals surface area contributed by atoms with Gasteiger partial charge in [0, 0.05) is 46.0 Å². The van der Waals surface area contributed by atoms with Crippen LogP contribution in [-0.4, -0.2) is 96.3 Å². The summed E-state index contributed by atoms with van der Waals surface area (Å²) in [5, 5.41) is 13.8. The fraction of sp³-hybridized carbons (Fsp3) is 0.469. The second-order valence-corrected chi connectivity index (χ2v) is 12.2. The lowest BCUT2D eigenvalue weighted by molar-refractivity contribution is -0.217. The highest BCUT2D eigenvalue weighted by Gasteiger charge is 2.76. The summed E-state index contributed by atoms with van der Waals surface area (Å²) in [5.74, 6) is -2.05. The molecule has 2 aromatic rings. The van der Waals surface area contributed by atoms with Crippen molar-refractivity contribution in [2.24, 2.45) is 5.41 Å². The number of aliphatic hydroxyl groups excluding tert-OH is 1. The molecule has 3 saturated heterocycles. The van der Waals surface area contributed by atoms with Gasteiger partial charge in [-0.1, -0.05) is 48.5 Å². The highest BCUT2D eigenvalue weighted by Crippen LogP contribution is 2.58. The van der Waals surface area contributed by atoms with E-state index in [0.29, 0.717) is 12.8 Å². The van der Waals surface area contributed by atoms with Crippen molar-refractivity contribution in [1.82, 2.24) is 15.3 Å². The van der Waals surface area contributed by atoms with Gasteiger partial charge in [0.2, 0.25) is 11.8 Å². The van der Waals surface area contributed by atoms with Gasteiger partial charge in [-0.25, -0.2) is 0 Å². The molecule has 0 unspecified atom stereocenters. The predicted molar refractivity (Wildman–Crippen MR) is 152 cm³/mol. The van der Waals surface area contributed by atoms with Crippen molar-refractivity contribution in [3.8, 4) is 0 Å². The first-order chi connectivity index (χ1) is 20.7. The molecule has 0 radical (unpaired) electrons. The number of hydrogen-bond acceptors (Lipinski definition) is 9. The number of fused-ring (bicyclic) bond motifs is 5. The van der Waals surface area contributed by atoms with E-state index in [9.17, 15) is 19.5 Å². The molecule has 2 N–H and O–H groups in total. The van der Waals surface area contributed by atoms with Gasteiger partial charge in [0.25, 0.3) is 0 Å². The van der Waals surface area contributed by atoms with Crippen LogP contribution in [0, 0.1) is 5.41 Å². The van der Waals surface area contributed by atoms with Gasteiger partial charge in [0.15, 0.2) is 11.8 Å². The van der Waals surface area contributed by atoms with E-state index >= 15 is 0 Å². The first-order valence-electron chi connectivity index (χ1n) is 14.7. The van der Waals surface area contributed by atoms with Crippen molar-refractivity contribution in [3.63, 3.8) is 0 Å². The minimum atomic E-state index is -1.32. The Hall–Kier alpha value is -3.61. The number of benzene rings is 2. The molecule has 3 aliphatic heterocycles. The number of nitrogens with one attached hydrogen (secondary N) is 1. The van der Waals surface area contributed by atoms with Crippen LogP contribution in [0.3, 0.4) is 0 Å². The van der Waals surface area contributed by atoms with Crippen LogP contribution >= 0.6 is 0 Å². The summed E-state index contributed by atoms with van der Waals surface area (Å²) in [6.45, 7) is -0.0482. The van der Waals surface area contributed by atoms with Gasteiger partial charge in [-0.05, 0) is 28.3 Å². The summed E-state index contributed by atoms with van der Waals surface area (Å²) < 4.78 is 19.4. The molecule has 2 amide bonds. The zero-order valence-electron chi connectivity index (χ0n) is 24.1. The van der Waals surface area contributed by atoms with Gasteiger partial charge < -0.3 is 29.5 Å². The van der Waals surface area contributed by atoms with Crippen LogP contribution in [0.2, 0.25) is 0 Å². The van der Waals surface area contributed by atoms with Crippen LogP contribution in [-0.2, 0) is 52.8 Å². The SMILES string of the molecule is CN(C)C(=O)C=Cc1ccccc1CN1O[C@@H]2[C@H]3OC4(Cc5ccccc5C4)O[C@H]3[C@@H]3C[C@]2(C(=O)NCCO)[C@@H]1C(=O)O3.